The number of esters is 1. The maximum absolute atomic E-state index is 13.0. The van der Waals surface area contributed by atoms with Gasteiger partial charge in [0.15, 0.2) is 6.61 Å². The highest BCUT2D eigenvalue weighted by atomic mass is 32.2. The highest BCUT2D eigenvalue weighted by molar-refractivity contribution is 7.89. The number of aromatic nitrogens is 2. The summed E-state index contributed by atoms with van der Waals surface area (Å²) in [4.78, 5) is 32.9. The molecule has 32 heavy (non-hydrogen) atoms. The lowest BCUT2D eigenvalue weighted by Crippen LogP contribution is -2.48. The van der Waals surface area contributed by atoms with Gasteiger partial charge in [0.1, 0.15) is 6.04 Å². The maximum Gasteiger partial charge on any atom is 0.324 e. The fraction of sp³-hybridized carbons (Fsp3) is 0.400. The third-order valence-electron chi connectivity index (χ3n) is 4.77. The smallest absolute Gasteiger partial charge is 0.324 e. The molecule has 0 saturated carbocycles. The first-order valence-electron chi connectivity index (χ1n) is 9.85. The van der Waals surface area contributed by atoms with Gasteiger partial charge in [-0.15, -0.1) is 0 Å². The third-order valence-corrected chi connectivity index (χ3v) is 6.69. The van der Waals surface area contributed by atoms with Gasteiger partial charge in [0, 0.05) is 6.54 Å². The third kappa shape index (κ3) is 5.51. The summed E-state index contributed by atoms with van der Waals surface area (Å²) in [7, 11) is -1.08. The number of anilines is 1. The first-order chi connectivity index (χ1) is 15.3. The minimum Gasteiger partial charge on any atom is -0.481 e. The summed E-state index contributed by atoms with van der Waals surface area (Å²) in [6.45, 7) is -0.432. The number of rotatable bonds is 8. The van der Waals surface area contributed by atoms with E-state index in [1.54, 1.807) is 18.2 Å². The number of amides is 1. The normalized spacial score (nSPS) is 16.8. The molecule has 1 fully saturated rings. The van der Waals surface area contributed by atoms with Gasteiger partial charge < -0.3 is 14.2 Å². The molecule has 0 bridgehead atoms. The fourth-order valence-electron chi connectivity index (χ4n) is 3.22. The fourth-order valence-corrected chi connectivity index (χ4v) is 4.89. The molecule has 0 spiro atoms. The Kier molecular flexibility index (Phi) is 7.59. The number of carbonyl (C=O) groups is 2. The molecule has 2 aromatic rings. The van der Waals surface area contributed by atoms with Gasteiger partial charge in [-0.05, 0) is 31.4 Å². The van der Waals surface area contributed by atoms with Crippen LogP contribution in [-0.2, 0) is 24.3 Å². The van der Waals surface area contributed by atoms with Crippen molar-refractivity contribution in [1.82, 2.24) is 14.3 Å². The number of sulfonamides is 1. The molecule has 3 rings (SSSR count). The van der Waals surface area contributed by atoms with Crippen LogP contribution in [0.4, 0.5) is 5.95 Å². The first kappa shape index (κ1) is 23.4. The number of hydrogen-bond donors (Lipinski definition) is 1. The molecule has 0 radical (unpaired) electrons. The molecule has 1 aromatic carbocycles. The number of hydrogen-bond acceptors (Lipinski definition) is 9. The van der Waals surface area contributed by atoms with Gasteiger partial charge in [0.25, 0.3) is 5.91 Å². The maximum atomic E-state index is 13.0. The lowest BCUT2D eigenvalue weighted by molar-refractivity contribution is -0.152. The van der Waals surface area contributed by atoms with Crippen molar-refractivity contribution in [2.24, 2.45) is 0 Å². The SMILES string of the molecule is COc1cc(OC)nc(NC(=O)COC(=O)C2CCCCN2S(=O)(=O)c2ccccc2)n1. The largest absolute Gasteiger partial charge is 0.481 e. The van der Waals surface area contributed by atoms with E-state index in [9.17, 15) is 18.0 Å². The van der Waals surface area contributed by atoms with Crippen LogP contribution in [0, 0.1) is 0 Å². The Balaban J connectivity index is 1.65. The summed E-state index contributed by atoms with van der Waals surface area (Å²) in [6, 6.07) is 8.32. The number of methoxy groups -OCH3 is 2. The van der Waals surface area contributed by atoms with Crippen LogP contribution in [0.25, 0.3) is 0 Å². The van der Waals surface area contributed by atoms with Crippen LogP contribution in [0.15, 0.2) is 41.3 Å². The van der Waals surface area contributed by atoms with E-state index in [-0.39, 0.29) is 29.1 Å². The lowest BCUT2D eigenvalue weighted by Gasteiger charge is -2.32. The molecule has 1 aromatic heterocycles. The van der Waals surface area contributed by atoms with E-state index in [1.807, 2.05) is 0 Å². The topological polar surface area (TPSA) is 137 Å². The molecule has 1 aliphatic rings. The predicted octanol–water partition coefficient (Wildman–Crippen LogP) is 1.22. The van der Waals surface area contributed by atoms with E-state index in [2.05, 4.69) is 15.3 Å². The van der Waals surface area contributed by atoms with E-state index in [0.717, 1.165) is 4.31 Å². The molecule has 172 valence electrons. The molecule has 0 aliphatic carbocycles. The van der Waals surface area contributed by atoms with Gasteiger partial charge >= 0.3 is 5.97 Å². The van der Waals surface area contributed by atoms with Crippen LogP contribution in [0.5, 0.6) is 11.8 Å². The second-order valence-electron chi connectivity index (χ2n) is 6.87. The number of nitrogens with zero attached hydrogens (tertiary/aromatic N) is 3. The van der Waals surface area contributed by atoms with E-state index in [1.165, 1.54) is 32.4 Å². The molecule has 1 saturated heterocycles. The summed E-state index contributed by atoms with van der Waals surface area (Å²) >= 11 is 0. The Labute approximate surface area is 185 Å². The van der Waals surface area contributed by atoms with Gasteiger partial charge in [-0.2, -0.15) is 14.3 Å². The van der Waals surface area contributed by atoms with Crippen molar-refractivity contribution in [3.05, 3.63) is 36.4 Å². The van der Waals surface area contributed by atoms with Gasteiger partial charge in [-0.3, -0.25) is 14.9 Å². The number of nitrogens with one attached hydrogen (secondary N) is 1. The number of piperidine rings is 1. The van der Waals surface area contributed by atoms with Gasteiger partial charge in [0.05, 0.1) is 25.2 Å². The van der Waals surface area contributed by atoms with Crippen LogP contribution in [0.2, 0.25) is 0 Å². The summed E-state index contributed by atoms with van der Waals surface area (Å²) in [5.41, 5.74) is 0. The van der Waals surface area contributed by atoms with Crippen LogP contribution >= 0.6 is 0 Å². The number of benzene rings is 1. The van der Waals surface area contributed by atoms with Gasteiger partial charge in [-0.25, -0.2) is 8.42 Å². The lowest BCUT2D eigenvalue weighted by atomic mass is 10.1. The molecule has 2 heterocycles. The Morgan fingerprint density at radius 3 is 2.38 bits per heavy atom. The number of ether oxygens (including phenoxy) is 3. The first-order valence-corrected chi connectivity index (χ1v) is 11.3. The second kappa shape index (κ2) is 10.4. The Morgan fingerprint density at radius 1 is 1.09 bits per heavy atom. The zero-order valence-electron chi connectivity index (χ0n) is 17.7. The molecule has 11 nitrogen and oxygen atoms in total. The Hall–Kier alpha value is -3.25. The molecule has 1 amide bonds. The highest BCUT2D eigenvalue weighted by Gasteiger charge is 2.38. The van der Waals surface area contributed by atoms with Crippen molar-refractivity contribution >= 4 is 27.8 Å². The van der Waals surface area contributed by atoms with Crippen LogP contribution < -0.4 is 14.8 Å². The zero-order chi connectivity index (χ0) is 23.1. The molecule has 12 heteroatoms. The average molecular weight is 465 g/mol. The summed E-state index contributed by atoms with van der Waals surface area (Å²) in [6.07, 6.45) is 1.61. The Bertz CT molecular complexity index is 1040. The summed E-state index contributed by atoms with van der Waals surface area (Å²) < 4.78 is 42.3. The zero-order valence-corrected chi connectivity index (χ0v) is 18.5. The molecule has 1 N–H and O–H groups in total. The highest BCUT2D eigenvalue weighted by Crippen LogP contribution is 2.26. The van der Waals surface area contributed by atoms with Gasteiger partial charge in [-0.1, -0.05) is 18.2 Å². The van der Waals surface area contributed by atoms with Crippen molar-refractivity contribution in [2.75, 3.05) is 32.7 Å². The van der Waals surface area contributed by atoms with E-state index in [0.29, 0.717) is 19.3 Å². The minimum absolute atomic E-state index is 0.0896. The van der Waals surface area contributed by atoms with Crippen LogP contribution in [0.3, 0.4) is 0 Å². The standard InChI is InChI=1S/C20H24N4O7S/c1-29-17-12-18(30-2)23-20(22-17)21-16(25)13-31-19(26)15-10-6-7-11-24(15)32(27,28)14-8-4-3-5-9-14/h3-5,8-9,12,15H,6-7,10-11,13H2,1-2H3,(H,21,22,23,25). The number of carbonyl (C=O) groups excluding carboxylic acids is 2. The predicted molar refractivity (Wildman–Crippen MR) is 113 cm³/mol. The van der Waals surface area contributed by atoms with Crippen molar-refractivity contribution < 1.29 is 32.2 Å². The molecule has 1 unspecified atom stereocenters. The van der Waals surface area contributed by atoms with E-state index >= 15 is 0 Å². The van der Waals surface area contributed by atoms with Crippen molar-refractivity contribution in [3.63, 3.8) is 0 Å². The summed E-state index contributed by atoms with van der Waals surface area (Å²) in [5, 5.41) is 2.39. The summed E-state index contributed by atoms with van der Waals surface area (Å²) in [5.74, 6) is -1.22. The van der Waals surface area contributed by atoms with Crippen molar-refractivity contribution in [3.8, 4) is 11.8 Å². The van der Waals surface area contributed by atoms with Crippen molar-refractivity contribution in [2.45, 2.75) is 30.2 Å². The molecule has 1 aliphatic heterocycles. The average Bonchev–Trinajstić information content (AvgIpc) is 2.82. The van der Waals surface area contributed by atoms with Crippen LogP contribution in [-0.4, -0.2) is 68.0 Å². The monoisotopic (exact) mass is 464 g/mol. The van der Waals surface area contributed by atoms with Gasteiger partial charge in [0.2, 0.25) is 27.7 Å². The van der Waals surface area contributed by atoms with E-state index < -0.39 is 34.5 Å². The quantitative estimate of drug-likeness (QED) is 0.572. The minimum atomic E-state index is -3.87. The van der Waals surface area contributed by atoms with E-state index in [4.69, 9.17) is 14.2 Å². The molecular weight excluding hydrogens is 440 g/mol. The molecule has 1 atom stereocenters. The van der Waals surface area contributed by atoms with Crippen molar-refractivity contribution in [1.29, 1.82) is 0 Å². The van der Waals surface area contributed by atoms with Crippen LogP contribution in [0.1, 0.15) is 19.3 Å². The Morgan fingerprint density at radius 2 is 1.75 bits per heavy atom. The molecular formula is C20H24N4O7S. The second-order valence-corrected chi connectivity index (χ2v) is 8.76.